The van der Waals surface area contributed by atoms with Crippen molar-refractivity contribution in [2.75, 3.05) is 12.4 Å². The van der Waals surface area contributed by atoms with E-state index in [1.54, 1.807) is 13.3 Å². The Hall–Kier alpha value is -3.08. The molecule has 1 aromatic heterocycles. The number of nitrogens with one attached hydrogen (secondary N) is 2. The predicted octanol–water partition coefficient (Wildman–Crippen LogP) is 3.59. The van der Waals surface area contributed by atoms with E-state index >= 15 is 0 Å². The minimum absolute atomic E-state index is 0.741. The summed E-state index contributed by atoms with van der Waals surface area (Å²) < 4.78 is 5.45. The number of nitrogens with zero attached hydrogens (tertiary/aromatic N) is 2. The standard InChI is InChI=1S/C17H14N4O/c1-22-15-9-5-3-7-12(15)17-19-13-8-4-2-6-11(13)16-14(20-17)10-18-21-16/h2-10H,1H3,(H,18,21)(H,19,20). The molecule has 108 valence electrons. The summed E-state index contributed by atoms with van der Waals surface area (Å²) in [6.07, 6.45) is 1.73. The zero-order valence-electron chi connectivity index (χ0n) is 12.0. The molecule has 0 aliphatic carbocycles. The van der Waals surface area contributed by atoms with Gasteiger partial charge in [0.15, 0.2) is 0 Å². The summed E-state index contributed by atoms with van der Waals surface area (Å²) in [5.41, 5.74) is 4.65. The maximum Gasteiger partial charge on any atom is 0.142 e. The number of amidine groups is 1. The summed E-state index contributed by atoms with van der Waals surface area (Å²) >= 11 is 0. The number of hydrogen-bond acceptors (Lipinski definition) is 4. The molecule has 2 heterocycles. The lowest BCUT2D eigenvalue weighted by Gasteiger charge is -2.13. The van der Waals surface area contributed by atoms with Gasteiger partial charge in [-0.2, -0.15) is 5.10 Å². The molecule has 0 amide bonds. The van der Waals surface area contributed by atoms with E-state index in [1.807, 2.05) is 48.5 Å². The van der Waals surface area contributed by atoms with Crippen LogP contribution in [0.2, 0.25) is 0 Å². The van der Waals surface area contributed by atoms with Gasteiger partial charge in [-0.15, -0.1) is 0 Å². The first-order chi connectivity index (χ1) is 10.9. The third kappa shape index (κ3) is 1.95. The van der Waals surface area contributed by atoms with Crippen molar-refractivity contribution in [1.29, 1.82) is 0 Å². The van der Waals surface area contributed by atoms with Crippen LogP contribution in [0.15, 0.2) is 59.7 Å². The Morgan fingerprint density at radius 2 is 1.73 bits per heavy atom. The second-order valence-corrected chi connectivity index (χ2v) is 4.96. The molecule has 2 aromatic carbocycles. The molecule has 1 aliphatic rings. The highest BCUT2D eigenvalue weighted by molar-refractivity contribution is 6.14. The molecule has 2 N–H and O–H groups in total. The predicted molar refractivity (Wildman–Crippen MR) is 86.8 cm³/mol. The van der Waals surface area contributed by atoms with Crippen LogP contribution in [-0.2, 0) is 0 Å². The van der Waals surface area contributed by atoms with Gasteiger partial charge < -0.3 is 10.1 Å². The normalized spacial score (nSPS) is 12.5. The molecule has 0 bridgehead atoms. The quantitative estimate of drug-likeness (QED) is 0.758. The highest BCUT2D eigenvalue weighted by Gasteiger charge is 2.19. The fourth-order valence-corrected chi connectivity index (χ4v) is 2.62. The SMILES string of the molecule is COc1ccccc1C1=Nc2cn[nH]c2-c2ccccc2N1. The molecule has 4 rings (SSSR count). The smallest absolute Gasteiger partial charge is 0.142 e. The van der Waals surface area contributed by atoms with Crippen LogP contribution in [0.25, 0.3) is 11.3 Å². The van der Waals surface area contributed by atoms with Crippen LogP contribution in [0.4, 0.5) is 11.4 Å². The van der Waals surface area contributed by atoms with E-state index in [2.05, 4.69) is 15.5 Å². The van der Waals surface area contributed by atoms with Gasteiger partial charge in [0.2, 0.25) is 0 Å². The van der Waals surface area contributed by atoms with E-state index in [-0.39, 0.29) is 0 Å². The number of aromatic nitrogens is 2. The fraction of sp³-hybridized carbons (Fsp3) is 0.0588. The molecule has 0 saturated carbocycles. The Kier molecular flexibility index (Phi) is 2.89. The van der Waals surface area contributed by atoms with Crippen molar-refractivity contribution in [3.63, 3.8) is 0 Å². The highest BCUT2D eigenvalue weighted by atomic mass is 16.5. The fourth-order valence-electron chi connectivity index (χ4n) is 2.62. The third-order valence-electron chi connectivity index (χ3n) is 3.66. The number of benzene rings is 2. The van der Waals surface area contributed by atoms with Crippen LogP contribution in [0.5, 0.6) is 5.75 Å². The molecule has 3 aromatic rings. The number of rotatable bonds is 2. The average molecular weight is 290 g/mol. The Bertz CT molecular complexity index is 866. The maximum absolute atomic E-state index is 5.45. The molecule has 0 saturated heterocycles. The molecule has 0 radical (unpaired) electrons. The number of para-hydroxylation sites is 2. The van der Waals surface area contributed by atoms with Gasteiger partial charge in [-0.1, -0.05) is 30.3 Å². The van der Waals surface area contributed by atoms with Gasteiger partial charge in [-0.3, -0.25) is 5.10 Å². The summed E-state index contributed by atoms with van der Waals surface area (Å²) in [5.74, 6) is 1.52. The molecule has 0 atom stereocenters. The van der Waals surface area contributed by atoms with E-state index in [1.165, 1.54) is 0 Å². The third-order valence-corrected chi connectivity index (χ3v) is 3.66. The van der Waals surface area contributed by atoms with Crippen molar-refractivity contribution in [2.24, 2.45) is 4.99 Å². The van der Waals surface area contributed by atoms with Gasteiger partial charge in [0.05, 0.1) is 24.6 Å². The minimum atomic E-state index is 0.741. The Labute approximate surface area is 127 Å². The second kappa shape index (κ2) is 5.04. The molecule has 0 fully saturated rings. The zero-order valence-corrected chi connectivity index (χ0v) is 12.0. The van der Waals surface area contributed by atoms with Crippen LogP contribution in [-0.4, -0.2) is 23.1 Å². The average Bonchev–Trinajstić information content (AvgIpc) is 2.97. The van der Waals surface area contributed by atoms with Crippen molar-refractivity contribution < 1.29 is 4.74 Å². The monoisotopic (exact) mass is 290 g/mol. The van der Waals surface area contributed by atoms with Crippen LogP contribution >= 0.6 is 0 Å². The minimum Gasteiger partial charge on any atom is -0.496 e. The lowest BCUT2D eigenvalue weighted by molar-refractivity contribution is 0.414. The molecule has 5 nitrogen and oxygen atoms in total. The molecule has 22 heavy (non-hydrogen) atoms. The Morgan fingerprint density at radius 1 is 0.955 bits per heavy atom. The van der Waals surface area contributed by atoms with E-state index in [0.29, 0.717) is 0 Å². The van der Waals surface area contributed by atoms with Gasteiger partial charge in [-0.05, 0) is 18.2 Å². The number of hydrogen-bond donors (Lipinski definition) is 2. The van der Waals surface area contributed by atoms with Crippen molar-refractivity contribution in [1.82, 2.24) is 10.2 Å². The first-order valence-electron chi connectivity index (χ1n) is 6.98. The van der Waals surface area contributed by atoms with E-state index in [4.69, 9.17) is 9.73 Å². The number of aliphatic imine (C=N–C) groups is 1. The number of methoxy groups -OCH3 is 1. The van der Waals surface area contributed by atoms with Crippen molar-refractivity contribution >= 4 is 17.2 Å². The number of aromatic amines is 1. The number of fused-ring (bicyclic) bond motifs is 3. The second-order valence-electron chi connectivity index (χ2n) is 4.96. The molecule has 0 unspecified atom stereocenters. The largest absolute Gasteiger partial charge is 0.496 e. The topological polar surface area (TPSA) is 62.3 Å². The summed E-state index contributed by atoms with van der Waals surface area (Å²) in [7, 11) is 1.66. The summed E-state index contributed by atoms with van der Waals surface area (Å²) in [5, 5.41) is 10.6. The number of H-pyrrole nitrogens is 1. The molecular weight excluding hydrogens is 276 g/mol. The van der Waals surface area contributed by atoms with Gasteiger partial charge in [-0.25, -0.2) is 4.99 Å². The molecule has 5 heteroatoms. The Balaban J connectivity index is 1.93. The summed E-state index contributed by atoms with van der Waals surface area (Å²) in [4.78, 5) is 4.72. The lowest BCUT2D eigenvalue weighted by Crippen LogP contribution is -2.14. The maximum atomic E-state index is 5.45. The van der Waals surface area contributed by atoms with E-state index < -0.39 is 0 Å². The van der Waals surface area contributed by atoms with E-state index in [9.17, 15) is 0 Å². The van der Waals surface area contributed by atoms with Gasteiger partial charge in [0.25, 0.3) is 0 Å². The van der Waals surface area contributed by atoms with Crippen LogP contribution in [0.3, 0.4) is 0 Å². The molecule has 1 aliphatic heterocycles. The van der Waals surface area contributed by atoms with Gasteiger partial charge in [0, 0.05) is 11.3 Å². The number of ether oxygens (including phenoxy) is 1. The summed E-state index contributed by atoms with van der Waals surface area (Å²) in [6.45, 7) is 0. The van der Waals surface area contributed by atoms with E-state index in [0.717, 1.165) is 39.8 Å². The summed E-state index contributed by atoms with van der Waals surface area (Å²) in [6, 6.07) is 15.9. The van der Waals surface area contributed by atoms with Gasteiger partial charge >= 0.3 is 0 Å². The first kappa shape index (κ1) is 12.6. The Morgan fingerprint density at radius 3 is 2.59 bits per heavy atom. The van der Waals surface area contributed by atoms with Gasteiger partial charge in [0.1, 0.15) is 17.3 Å². The van der Waals surface area contributed by atoms with Crippen molar-refractivity contribution in [2.45, 2.75) is 0 Å². The molecular formula is C17H14N4O. The lowest BCUT2D eigenvalue weighted by atomic mass is 10.1. The van der Waals surface area contributed by atoms with Crippen molar-refractivity contribution in [3.05, 3.63) is 60.3 Å². The van der Waals surface area contributed by atoms with Crippen LogP contribution in [0.1, 0.15) is 5.56 Å². The van der Waals surface area contributed by atoms with Crippen molar-refractivity contribution in [3.8, 4) is 17.0 Å². The zero-order chi connectivity index (χ0) is 14.9. The molecule has 0 spiro atoms. The number of anilines is 1. The van der Waals surface area contributed by atoms with Crippen LogP contribution < -0.4 is 10.1 Å². The highest BCUT2D eigenvalue weighted by Crippen LogP contribution is 2.37. The van der Waals surface area contributed by atoms with Crippen LogP contribution in [0, 0.1) is 0 Å². The first-order valence-corrected chi connectivity index (χ1v) is 6.98.